The van der Waals surface area contributed by atoms with E-state index in [1.807, 2.05) is 0 Å². The van der Waals surface area contributed by atoms with Gasteiger partial charge in [-0.1, -0.05) is 24.3 Å². The Kier molecular flexibility index (Phi) is 5.36. The van der Waals surface area contributed by atoms with Gasteiger partial charge in [0.15, 0.2) is 0 Å². The number of nitrogens with one attached hydrogen (secondary N) is 2. The summed E-state index contributed by atoms with van der Waals surface area (Å²) in [5.74, 6) is -2.23. The molecule has 0 spiro atoms. The number of phenolic OH excluding ortho intramolecular Hbond substituents is 1. The average Bonchev–Trinajstić information content (AvgIpc) is 2.69. The molecule has 0 saturated carbocycles. The van der Waals surface area contributed by atoms with E-state index in [4.69, 9.17) is 0 Å². The molecule has 0 aliphatic heterocycles. The first-order valence-electron chi connectivity index (χ1n) is 8.29. The number of phenols is 1. The van der Waals surface area contributed by atoms with Crippen molar-refractivity contribution < 1.29 is 24.6 Å². The van der Waals surface area contributed by atoms with E-state index < -0.39 is 17.8 Å². The third-order valence-electron chi connectivity index (χ3n) is 3.96. The normalized spacial score (nSPS) is 10.1. The van der Waals surface area contributed by atoms with Crippen LogP contribution < -0.4 is 10.6 Å². The third-order valence-corrected chi connectivity index (χ3v) is 3.96. The van der Waals surface area contributed by atoms with Crippen molar-refractivity contribution in [2.24, 2.45) is 0 Å². The lowest BCUT2D eigenvalue weighted by molar-refractivity contribution is 0.0697. The molecular formula is C21H16N2O5. The zero-order chi connectivity index (χ0) is 20.1. The molecule has 0 unspecified atom stereocenters. The van der Waals surface area contributed by atoms with Crippen LogP contribution in [0, 0.1) is 0 Å². The fourth-order valence-corrected chi connectivity index (χ4v) is 2.54. The van der Waals surface area contributed by atoms with Gasteiger partial charge in [-0.15, -0.1) is 0 Å². The molecule has 0 aliphatic rings. The molecule has 0 bridgehead atoms. The number of hydrogen-bond acceptors (Lipinski definition) is 4. The van der Waals surface area contributed by atoms with E-state index in [1.165, 1.54) is 48.5 Å². The molecule has 3 rings (SSSR count). The summed E-state index contributed by atoms with van der Waals surface area (Å²) in [5.41, 5.74) is 1.05. The van der Waals surface area contributed by atoms with E-state index in [0.717, 1.165) is 0 Å². The monoisotopic (exact) mass is 376 g/mol. The summed E-state index contributed by atoms with van der Waals surface area (Å²) in [4.78, 5) is 35.8. The number of anilines is 2. The van der Waals surface area contributed by atoms with E-state index in [1.54, 1.807) is 24.3 Å². The van der Waals surface area contributed by atoms with Gasteiger partial charge in [-0.2, -0.15) is 0 Å². The van der Waals surface area contributed by atoms with E-state index in [2.05, 4.69) is 10.6 Å². The zero-order valence-electron chi connectivity index (χ0n) is 14.5. The van der Waals surface area contributed by atoms with E-state index in [-0.39, 0.29) is 22.6 Å². The Balaban J connectivity index is 1.71. The van der Waals surface area contributed by atoms with Crippen LogP contribution in [-0.4, -0.2) is 28.0 Å². The molecule has 0 saturated heterocycles. The van der Waals surface area contributed by atoms with Gasteiger partial charge in [0.25, 0.3) is 11.8 Å². The highest BCUT2D eigenvalue weighted by atomic mass is 16.4. The second-order valence-electron chi connectivity index (χ2n) is 5.85. The number of carboxylic acid groups (broad SMARTS) is 1. The molecule has 28 heavy (non-hydrogen) atoms. The smallest absolute Gasteiger partial charge is 0.337 e. The molecule has 3 aromatic rings. The highest BCUT2D eigenvalue weighted by Crippen LogP contribution is 2.19. The molecule has 3 aromatic carbocycles. The maximum Gasteiger partial charge on any atom is 0.337 e. The van der Waals surface area contributed by atoms with Crippen molar-refractivity contribution in [3.8, 4) is 5.75 Å². The first kappa shape index (κ1) is 18.7. The van der Waals surface area contributed by atoms with Crippen molar-refractivity contribution in [2.45, 2.75) is 0 Å². The molecule has 4 N–H and O–H groups in total. The van der Waals surface area contributed by atoms with Crippen molar-refractivity contribution in [3.05, 3.63) is 89.5 Å². The van der Waals surface area contributed by atoms with E-state index >= 15 is 0 Å². The van der Waals surface area contributed by atoms with Crippen LogP contribution in [0.1, 0.15) is 31.1 Å². The van der Waals surface area contributed by atoms with Gasteiger partial charge in [0, 0.05) is 11.3 Å². The first-order valence-corrected chi connectivity index (χ1v) is 8.29. The summed E-state index contributed by atoms with van der Waals surface area (Å²) in [7, 11) is 0. The van der Waals surface area contributed by atoms with Crippen LogP contribution in [0.15, 0.2) is 72.8 Å². The number of rotatable bonds is 5. The van der Waals surface area contributed by atoms with E-state index in [9.17, 15) is 24.6 Å². The fraction of sp³-hybridized carbons (Fsp3) is 0. The number of aromatic carboxylic acids is 1. The van der Waals surface area contributed by atoms with Crippen LogP contribution in [-0.2, 0) is 0 Å². The number of carboxylic acids is 1. The van der Waals surface area contributed by atoms with Gasteiger partial charge in [-0.3, -0.25) is 9.59 Å². The standard InChI is InChI=1S/C21H16N2O5/c24-18-8-4-2-6-16(18)20(26)22-14-11-9-13(10-12-14)19(25)23-17-7-3-1-5-15(17)21(27)28/h1-12,24H,(H,22,26)(H,23,25)(H,27,28). The maximum atomic E-state index is 12.4. The summed E-state index contributed by atoms with van der Waals surface area (Å²) < 4.78 is 0. The van der Waals surface area contributed by atoms with Crippen LogP contribution in [0.2, 0.25) is 0 Å². The number of hydrogen-bond donors (Lipinski definition) is 4. The summed E-state index contributed by atoms with van der Waals surface area (Å²) in [5, 5.41) is 24.1. The Hall–Kier alpha value is -4.13. The number of benzene rings is 3. The van der Waals surface area contributed by atoms with Gasteiger partial charge in [-0.25, -0.2) is 4.79 Å². The summed E-state index contributed by atoms with van der Waals surface area (Å²) >= 11 is 0. The fourth-order valence-electron chi connectivity index (χ4n) is 2.54. The van der Waals surface area contributed by atoms with Crippen LogP contribution >= 0.6 is 0 Å². The van der Waals surface area contributed by atoms with Gasteiger partial charge in [0.05, 0.1) is 16.8 Å². The highest BCUT2D eigenvalue weighted by Gasteiger charge is 2.14. The van der Waals surface area contributed by atoms with Gasteiger partial charge in [0.1, 0.15) is 5.75 Å². The number of carbonyl (C=O) groups excluding carboxylic acids is 2. The Morgan fingerprint density at radius 3 is 1.93 bits per heavy atom. The van der Waals surface area contributed by atoms with Crippen LogP contribution in [0.5, 0.6) is 5.75 Å². The molecule has 0 atom stereocenters. The van der Waals surface area contributed by atoms with Crippen molar-refractivity contribution >= 4 is 29.2 Å². The quantitative estimate of drug-likeness (QED) is 0.543. The summed E-state index contributed by atoms with van der Waals surface area (Å²) in [6.07, 6.45) is 0. The van der Waals surface area contributed by atoms with Crippen molar-refractivity contribution in [2.75, 3.05) is 10.6 Å². The largest absolute Gasteiger partial charge is 0.507 e. The minimum Gasteiger partial charge on any atom is -0.507 e. The lowest BCUT2D eigenvalue weighted by atomic mass is 10.1. The SMILES string of the molecule is O=C(Nc1ccccc1C(=O)O)c1ccc(NC(=O)c2ccccc2O)cc1. The molecule has 0 aliphatic carbocycles. The molecule has 0 fully saturated rings. The molecule has 0 aromatic heterocycles. The predicted molar refractivity (Wildman–Crippen MR) is 104 cm³/mol. The molecular weight excluding hydrogens is 360 g/mol. The minimum absolute atomic E-state index is 0.0117. The summed E-state index contributed by atoms with van der Waals surface area (Å²) in [6, 6.07) is 18.3. The van der Waals surface area contributed by atoms with Crippen LogP contribution in [0.4, 0.5) is 11.4 Å². The lowest BCUT2D eigenvalue weighted by Crippen LogP contribution is -2.15. The Morgan fingerprint density at radius 1 is 0.679 bits per heavy atom. The van der Waals surface area contributed by atoms with E-state index in [0.29, 0.717) is 11.3 Å². The first-order chi connectivity index (χ1) is 13.5. The van der Waals surface area contributed by atoms with Crippen molar-refractivity contribution in [1.29, 1.82) is 0 Å². The predicted octanol–water partition coefficient (Wildman–Crippen LogP) is 3.60. The van der Waals surface area contributed by atoms with Gasteiger partial charge >= 0.3 is 5.97 Å². The number of aromatic hydroxyl groups is 1. The molecule has 7 heteroatoms. The van der Waals surface area contributed by atoms with Gasteiger partial charge in [0.2, 0.25) is 0 Å². The minimum atomic E-state index is -1.14. The van der Waals surface area contributed by atoms with Gasteiger partial charge in [-0.05, 0) is 48.5 Å². The third kappa shape index (κ3) is 4.16. The van der Waals surface area contributed by atoms with Gasteiger partial charge < -0.3 is 20.8 Å². The second kappa shape index (κ2) is 8.05. The molecule has 140 valence electrons. The van der Waals surface area contributed by atoms with Crippen LogP contribution in [0.25, 0.3) is 0 Å². The summed E-state index contributed by atoms with van der Waals surface area (Å²) in [6.45, 7) is 0. The van der Waals surface area contributed by atoms with Crippen molar-refractivity contribution in [3.63, 3.8) is 0 Å². The molecule has 0 radical (unpaired) electrons. The molecule has 7 nitrogen and oxygen atoms in total. The second-order valence-corrected chi connectivity index (χ2v) is 5.85. The van der Waals surface area contributed by atoms with Crippen LogP contribution in [0.3, 0.4) is 0 Å². The topological polar surface area (TPSA) is 116 Å². The maximum absolute atomic E-state index is 12.4. The lowest BCUT2D eigenvalue weighted by Gasteiger charge is -2.10. The highest BCUT2D eigenvalue weighted by molar-refractivity contribution is 6.09. The number of para-hydroxylation sites is 2. The van der Waals surface area contributed by atoms with Crippen molar-refractivity contribution in [1.82, 2.24) is 0 Å². The Labute approximate surface area is 160 Å². The molecule has 2 amide bonds. The average molecular weight is 376 g/mol. The number of amides is 2. The Morgan fingerprint density at radius 2 is 1.29 bits per heavy atom. The number of carbonyl (C=O) groups is 3. The molecule has 0 heterocycles. The zero-order valence-corrected chi connectivity index (χ0v) is 14.5. The Bertz CT molecular complexity index is 1040.